The van der Waals surface area contributed by atoms with Crippen molar-refractivity contribution in [3.05, 3.63) is 36.7 Å². The van der Waals surface area contributed by atoms with E-state index in [-0.39, 0.29) is 6.61 Å². The largest absolute Gasteiger partial charge is 0.395 e. The molecule has 3 rings (SSSR count). The van der Waals surface area contributed by atoms with Crippen LogP contribution in [-0.4, -0.2) is 67.0 Å². The van der Waals surface area contributed by atoms with Gasteiger partial charge < -0.3 is 5.11 Å². The highest BCUT2D eigenvalue weighted by Crippen LogP contribution is 2.25. The van der Waals surface area contributed by atoms with E-state index in [1.165, 1.54) is 0 Å². The van der Waals surface area contributed by atoms with Gasteiger partial charge in [-0.25, -0.2) is 8.42 Å². The summed E-state index contributed by atoms with van der Waals surface area (Å²) in [6.45, 7) is 3.10. The number of β-amino-alcohol motifs (C(OH)–C–C–N with tert-alkyl or cyclic N) is 1. The summed E-state index contributed by atoms with van der Waals surface area (Å²) >= 11 is 0. The molecule has 23 heavy (non-hydrogen) atoms. The highest BCUT2D eigenvalue weighted by atomic mass is 32.2. The van der Waals surface area contributed by atoms with E-state index in [2.05, 4.69) is 9.88 Å². The van der Waals surface area contributed by atoms with Crippen molar-refractivity contribution < 1.29 is 13.5 Å². The first-order valence-electron chi connectivity index (χ1n) is 7.79. The molecule has 0 aliphatic carbocycles. The monoisotopic (exact) mass is 335 g/mol. The van der Waals surface area contributed by atoms with Crippen LogP contribution >= 0.6 is 0 Å². The maximum absolute atomic E-state index is 13.1. The van der Waals surface area contributed by atoms with Gasteiger partial charge in [0.05, 0.1) is 11.5 Å². The van der Waals surface area contributed by atoms with Crippen molar-refractivity contribution in [2.45, 2.75) is 11.3 Å². The molecule has 1 N–H and O–H groups in total. The molecule has 0 bridgehead atoms. The van der Waals surface area contributed by atoms with Gasteiger partial charge in [0.15, 0.2) is 0 Å². The molecule has 1 aromatic heterocycles. The quantitative estimate of drug-likeness (QED) is 0.899. The Bertz CT molecular complexity index is 774. The number of nitrogens with zero attached hydrogens (tertiary/aromatic N) is 3. The van der Waals surface area contributed by atoms with Crippen molar-refractivity contribution in [1.29, 1.82) is 0 Å². The topological polar surface area (TPSA) is 73.7 Å². The fourth-order valence-electron chi connectivity index (χ4n) is 3.01. The third-order valence-electron chi connectivity index (χ3n) is 4.22. The molecule has 0 radical (unpaired) electrons. The molecule has 7 heteroatoms. The zero-order chi connectivity index (χ0) is 16.3. The Morgan fingerprint density at radius 2 is 2.00 bits per heavy atom. The Morgan fingerprint density at radius 1 is 1.13 bits per heavy atom. The number of rotatable bonds is 4. The minimum absolute atomic E-state index is 0.100. The minimum Gasteiger partial charge on any atom is -0.395 e. The molecule has 2 heterocycles. The Hall–Kier alpha value is -1.54. The number of benzene rings is 1. The summed E-state index contributed by atoms with van der Waals surface area (Å²) < 4.78 is 27.7. The summed E-state index contributed by atoms with van der Waals surface area (Å²) in [5, 5.41) is 10.6. The number of aliphatic hydroxyl groups excluding tert-OH is 1. The molecule has 124 valence electrons. The second-order valence-electron chi connectivity index (χ2n) is 5.68. The molecule has 0 spiro atoms. The number of sulfonamides is 1. The second kappa shape index (κ2) is 6.92. The number of hydrogen-bond acceptors (Lipinski definition) is 5. The molecule has 1 saturated heterocycles. The van der Waals surface area contributed by atoms with Crippen LogP contribution in [0, 0.1) is 0 Å². The van der Waals surface area contributed by atoms with Gasteiger partial charge >= 0.3 is 0 Å². The molecular weight excluding hydrogens is 314 g/mol. The predicted molar refractivity (Wildman–Crippen MR) is 88.6 cm³/mol. The zero-order valence-electron chi connectivity index (χ0n) is 12.9. The Labute approximate surface area is 136 Å². The fourth-order valence-corrected chi connectivity index (χ4v) is 4.69. The molecule has 0 saturated carbocycles. The molecule has 1 aliphatic heterocycles. The molecule has 0 unspecified atom stereocenters. The van der Waals surface area contributed by atoms with E-state index in [0.717, 1.165) is 18.4 Å². The van der Waals surface area contributed by atoms with Gasteiger partial charge in [0.1, 0.15) is 0 Å². The van der Waals surface area contributed by atoms with Crippen molar-refractivity contribution in [3.8, 4) is 0 Å². The van der Waals surface area contributed by atoms with Crippen molar-refractivity contribution in [3.63, 3.8) is 0 Å². The first kappa shape index (κ1) is 16.3. The molecule has 0 atom stereocenters. The van der Waals surface area contributed by atoms with E-state index < -0.39 is 10.0 Å². The third-order valence-corrected chi connectivity index (χ3v) is 6.18. The van der Waals surface area contributed by atoms with Crippen molar-refractivity contribution in [2.24, 2.45) is 0 Å². The van der Waals surface area contributed by atoms with Crippen LogP contribution < -0.4 is 0 Å². The average Bonchev–Trinajstić information content (AvgIpc) is 2.81. The summed E-state index contributed by atoms with van der Waals surface area (Å²) in [7, 11) is -3.53. The van der Waals surface area contributed by atoms with E-state index in [1.54, 1.807) is 34.9 Å². The van der Waals surface area contributed by atoms with Crippen LogP contribution in [0.15, 0.2) is 41.6 Å². The maximum atomic E-state index is 13.1. The summed E-state index contributed by atoms with van der Waals surface area (Å²) in [5.41, 5.74) is 0. The lowest BCUT2D eigenvalue weighted by Gasteiger charge is -2.22. The van der Waals surface area contributed by atoms with Gasteiger partial charge in [-0.05, 0) is 25.1 Å². The third kappa shape index (κ3) is 3.37. The van der Waals surface area contributed by atoms with Crippen LogP contribution in [0.3, 0.4) is 0 Å². The first-order valence-corrected chi connectivity index (χ1v) is 9.23. The SMILES string of the molecule is O=S(=O)(c1cccc2cnccc12)N1CCCN(CCO)CC1. The molecule has 0 amide bonds. The lowest BCUT2D eigenvalue weighted by molar-refractivity contribution is 0.202. The van der Waals surface area contributed by atoms with Crippen molar-refractivity contribution in [2.75, 3.05) is 39.3 Å². The lowest BCUT2D eigenvalue weighted by atomic mass is 10.2. The van der Waals surface area contributed by atoms with Crippen LogP contribution in [0.2, 0.25) is 0 Å². The maximum Gasteiger partial charge on any atom is 0.243 e. The zero-order valence-corrected chi connectivity index (χ0v) is 13.7. The average molecular weight is 335 g/mol. The van der Waals surface area contributed by atoms with Crippen LogP contribution in [0.1, 0.15) is 6.42 Å². The molecule has 6 nitrogen and oxygen atoms in total. The number of aliphatic hydroxyl groups is 1. The van der Waals surface area contributed by atoms with Gasteiger partial charge in [0.2, 0.25) is 10.0 Å². The molecule has 1 aliphatic rings. The lowest BCUT2D eigenvalue weighted by Crippen LogP contribution is -2.36. The normalized spacial score (nSPS) is 18.1. The van der Waals surface area contributed by atoms with Gasteiger partial charge in [-0.15, -0.1) is 0 Å². The van der Waals surface area contributed by atoms with Crippen LogP contribution in [0.5, 0.6) is 0 Å². The summed E-state index contributed by atoms with van der Waals surface area (Å²) in [6, 6.07) is 7.03. The van der Waals surface area contributed by atoms with E-state index in [4.69, 9.17) is 5.11 Å². The Balaban J connectivity index is 1.91. The van der Waals surface area contributed by atoms with E-state index in [9.17, 15) is 8.42 Å². The van der Waals surface area contributed by atoms with Crippen LogP contribution in [0.25, 0.3) is 10.8 Å². The number of hydrogen-bond donors (Lipinski definition) is 1. The second-order valence-corrected chi connectivity index (χ2v) is 7.58. The summed E-state index contributed by atoms with van der Waals surface area (Å²) in [6.07, 6.45) is 4.07. The smallest absolute Gasteiger partial charge is 0.243 e. The van der Waals surface area contributed by atoms with E-state index in [1.807, 2.05) is 6.07 Å². The highest BCUT2D eigenvalue weighted by Gasteiger charge is 2.28. The van der Waals surface area contributed by atoms with Gasteiger partial charge in [-0.1, -0.05) is 12.1 Å². The van der Waals surface area contributed by atoms with Crippen LogP contribution in [0.4, 0.5) is 0 Å². The van der Waals surface area contributed by atoms with E-state index >= 15 is 0 Å². The van der Waals surface area contributed by atoms with Gasteiger partial charge in [0.25, 0.3) is 0 Å². The number of pyridine rings is 1. The van der Waals surface area contributed by atoms with Crippen molar-refractivity contribution >= 4 is 20.8 Å². The molecule has 2 aromatic rings. The minimum atomic E-state index is -3.53. The Kier molecular flexibility index (Phi) is 4.91. The fraction of sp³-hybridized carbons (Fsp3) is 0.438. The Morgan fingerprint density at radius 3 is 2.83 bits per heavy atom. The standard InChI is InChI=1S/C16H21N3O3S/c20-12-11-18-7-2-8-19(10-9-18)23(21,22)16-4-1-3-14-13-17-6-5-15(14)16/h1,3-6,13,20H,2,7-12H2. The molecule has 1 aromatic carbocycles. The highest BCUT2D eigenvalue weighted by molar-refractivity contribution is 7.89. The van der Waals surface area contributed by atoms with Gasteiger partial charge in [-0.2, -0.15) is 4.31 Å². The summed E-state index contributed by atoms with van der Waals surface area (Å²) in [5.74, 6) is 0. The molecule has 1 fully saturated rings. The molecular formula is C16H21N3O3S. The predicted octanol–water partition coefficient (Wildman–Crippen LogP) is 0.923. The number of fused-ring (bicyclic) bond motifs is 1. The van der Waals surface area contributed by atoms with Crippen LogP contribution in [-0.2, 0) is 10.0 Å². The van der Waals surface area contributed by atoms with E-state index in [0.29, 0.717) is 36.5 Å². The first-order chi connectivity index (χ1) is 11.1. The number of aromatic nitrogens is 1. The van der Waals surface area contributed by atoms with Gasteiger partial charge in [-0.3, -0.25) is 9.88 Å². The van der Waals surface area contributed by atoms with Crippen molar-refractivity contribution in [1.82, 2.24) is 14.2 Å². The van der Waals surface area contributed by atoms with Gasteiger partial charge in [0, 0.05) is 49.3 Å². The summed E-state index contributed by atoms with van der Waals surface area (Å²) in [4.78, 5) is 6.50.